The minimum absolute atomic E-state index is 0.118. The number of nitrogens with zero attached hydrogens (tertiary/aromatic N) is 3. The Labute approximate surface area is 204 Å². The van der Waals surface area contributed by atoms with Gasteiger partial charge in [-0.1, -0.05) is 18.2 Å². The lowest BCUT2D eigenvalue weighted by Crippen LogP contribution is -2.46. The monoisotopic (exact) mass is 498 g/mol. The normalized spacial score (nSPS) is 19.1. The van der Waals surface area contributed by atoms with Crippen LogP contribution in [0.15, 0.2) is 53.4 Å². The SMILES string of the molecule is CN(CC(=O)N1CCOCC1)S(=O)(=O)c1ccc(N2CC[C@H](O)C2)c(-c2cc3ccccc3[nH]2)c1. The summed E-state index contributed by atoms with van der Waals surface area (Å²) in [5, 5.41) is 11.1. The van der Waals surface area contributed by atoms with Crippen molar-refractivity contribution in [3.63, 3.8) is 0 Å². The standard InChI is InChI=1S/C25H30N4O5S/c1-27(17-25(31)28-10-12-34-13-11-28)35(32,33)20-6-7-24(29-9-8-19(30)16-29)21(15-20)23-14-18-4-2-3-5-22(18)26-23/h2-7,14-15,19,26,30H,8-13,16-17H2,1H3/t19-/m0/s1. The van der Waals surface area contributed by atoms with Crippen molar-refractivity contribution in [2.24, 2.45) is 0 Å². The van der Waals surface area contributed by atoms with Crippen molar-refractivity contribution in [2.45, 2.75) is 17.4 Å². The summed E-state index contributed by atoms with van der Waals surface area (Å²) in [7, 11) is -2.48. The topological polar surface area (TPSA) is 106 Å². The van der Waals surface area contributed by atoms with Crippen LogP contribution in [0, 0.1) is 0 Å². The van der Waals surface area contributed by atoms with Crippen LogP contribution in [0.25, 0.3) is 22.2 Å². The van der Waals surface area contributed by atoms with Gasteiger partial charge in [0.15, 0.2) is 0 Å². The Kier molecular flexibility index (Phi) is 6.54. The highest BCUT2D eigenvalue weighted by Gasteiger charge is 2.29. The van der Waals surface area contributed by atoms with E-state index in [0.29, 0.717) is 45.8 Å². The van der Waals surface area contributed by atoms with Gasteiger partial charge >= 0.3 is 0 Å². The van der Waals surface area contributed by atoms with Gasteiger partial charge in [-0.15, -0.1) is 0 Å². The zero-order valence-electron chi connectivity index (χ0n) is 19.7. The fourth-order valence-corrected chi connectivity index (χ4v) is 5.86. The fraction of sp³-hybridized carbons (Fsp3) is 0.400. The number of rotatable bonds is 6. The van der Waals surface area contributed by atoms with Crippen molar-refractivity contribution >= 4 is 32.5 Å². The van der Waals surface area contributed by atoms with Crippen LogP contribution in [0.2, 0.25) is 0 Å². The number of nitrogens with one attached hydrogen (secondary N) is 1. The Bertz CT molecular complexity index is 1300. The number of aliphatic hydroxyl groups is 1. The number of anilines is 1. The van der Waals surface area contributed by atoms with E-state index < -0.39 is 16.1 Å². The molecule has 3 heterocycles. The Hall–Kier alpha value is -2.92. The molecule has 0 saturated carbocycles. The van der Waals surface area contributed by atoms with Crippen molar-refractivity contribution in [3.8, 4) is 11.3 Å². The highest BCUT2D eigenvalue weighted by atomic mass is 32.2. The average molecular weight is 499 g/mol. The molecular weight excluding hydrogens is 468 g/mol. The number of hydrogen-bond acceptors (Lipinski definition) is 6. The van der Waals surface area contributed by atoms with E-state index in [9.17, 15) is 18.3 Å². The first-order chi connectivity index (χ1) is 16.8. The molecule has 0 radical (unpaired) electrons. The molecule has 2 aromatic carbocycles. The summed E-state index contributed by atoms with van der Waals surface area (Å²) >= 11 is 0. The number of carbonyl (C=O) groups is 1. The number of morpholine rings is 1. The Balaban J connectivity index is 1.49. The third-order valence-electron chi connectivity index (χ3n) is 6.72. The Morgan fingerprint density at radius 3 is 2.63 bits per heavy atom. The number of aliphatic hydroxyl groups excluding tert-OH is 1. The second-order valence-corrected chi connectivity index (χ2v) is 11.1. The molecule has 10 heteroatoms. The number of aromatic nitrogens is 1. The molecule has 0 aliphatic carbocycles. The van der Waals surface area contributed by atoms with Gasteiger partial charge < -0.3 is 24.6 Å². The van der Waals surface area contributed by atoms with Crippen LogP contribution in [0.5, 0.6) is 0 Å². The van der Waals surface area contributed by atoms with Gasteiger partial charge in [0, 0.05) is 61.1 Å². The van der Waals surface area contributed by atoms with Gasteiger partial charge in [-0.25, -0.2) is 8.42 Å². The number of sulfonamides is 1. The summed E-state index contributed by atoms with van der Waals surface area (Å²) in [4.78, 5) is 19.9. The number of fused-ring (bicyclic) bond motifs is 1. The smallest absolute Gasteiger partial charge is 0.243 e. The third kappa shape index (κ3) is 4.79. The zero-order valence-corrected chi connectivity index (χ0v) is 20.5. The van der Waals surface area contributed by atoms with Crippen molar-refractivity contribution in [3.05, 3.63) is 48.5 Å². The van der Waals surface area contributed by atoms with E-state index in [1.807, 2.05) is 30.3 Å². The second-order valence-electron chi connectivity index (χ2n) is 9.09. The Morgan fingerprint density at radius 1 is 1.14 bits per heavy atom. The molecule has 3 aromatic rings. The summed E-state index contributed by atoms with van der Waals surface area (Å²) in [5.74, 6) is -0.238. The number of ether oxygens (including phenoxy) is 1. The van der Waals surface area contributed by atoms with Crippen LogP contribution in [0.4, 0.5) is 5.69 Å². The van der Waals surface area contributed by atoms with Crippen LogP contribution in [0.3, 0.4) is 0 Å². The number of β-amino-alcohol motifs (C(OH)–C–C–N with tert-alkyl or cyclic N) is 1. The summed E-state index contributed by atoms with van der Waals surface area (Å²) in [6.45, 7) is 2.80. The highest BCUT2D eigenvalue weighted by molar-refractivity contribution is 7.89. The van der Waals surface area contributed by atoms with Crippen LogP contribution in [-0.2, 0) is 19.6 Å². The number of carbonyl (C=O) groups excluding carboxylic acids is 1. The molecule has 2 saturated heterocycles. The van der Waals surface area contributed by atoms with Crippen molar-refractivity contribution < 1.29 is 23.1 Å². The first-order valence-electron chi connectivity index (χ1n) is 11.8. The number of hydrogen-bond donors (Lipinski definition) is 2. The van der Waals surface area contributed by atoms with Gasteiger partial charge in [0.2, 0.25) is 15.9 Å². The van der Waals surface area contributed by atoms with Crippen LogP contribution in [0.1, 0.15) is 6.42 Å². The van der Waals surface area contributed by atoms with E-state index >= 15 is 0 Å². The lowest BCUT2D eigenvalue weighted by Gasteiger charge is -2.28. The Morgan fingerprint density at radius 2 is 1.91 bits per heavy atom. The summed E-state index contributed by atoms with van der Waals surface area (Å²) < 4.78 is 33.3. The van der Waals surface area contributed by atoms with Crippen LogP contribution in [-0.4, -0.2) is 92.7 Å². The van der Waals surface area contributed by atoms with E-state index in [1.54, 1.807) is 23.1 Å². The predicted octanol–water partition coefficient (Wildman–Crippen LogP) is 1.89. The van der Waals surface area contributed by atoms with Gasteiger partial charge in [-0.3, -0.25) is 4.79 Å². The number of benzene rings is 2. The molecule has 1 amide bonds. The maximum atomic E-state index is 13.5. The molecule has 2 aliphatic rings. The molecule has 2 fully saturated rings. The maximum Gasteiger partial charge on any atom is 0.243 e. The lowest BCUT2D eigenvalue weighted by molar-refractivity contribution is -0.135. The number of amides is 1. The maximum absolute atomic E-state index is 13.5. The van der Waals surface area contributed by atoms with E-state index in [0.717, 1.165) is 32.2 Å². The predicted molar refractivity (Wildman–Crippen MR) is 134 cm³/mol. The molecule has 9 nitrogen and oxygen atoms in total. The molecule has 35 heavy (non-hydrogen) atoms. The third-order valence-corrected chi connectivity index (χ3v) is 8.52. The summed E-state index contributed by atoms with van der Waals surface area (Å²) in [5.41, 5.74) is 3.35. The first-order valence-corrected chi connectivity index (χ1v) is 13.2. The van der Waals surface area contributed by atoms with Crippen LogP contribution >= 0.6 is 0 Å². The number of aromatic amines is 1. The summed E-state index contributed by atoms with van der Waals surface area (Å²) in [6.07, 6.45) is 0.254. The minimum atomic E-state index is -3.91. The van der Waals surface area contributed by atoms with Gasteiger partial charge in [0.1, 0.15) is 0 Å². The summed E-state index contributed by atoms with van der Waals surface area (Å²) in [6, 6.07) is 14.9. The van der Waals surface area contributed by atoms with Gasteiger partial charge in [0.25, 0.3) is 0 Å². The van der Waals surface area contributed by atoms with E-state index in [4.69, 9.17) is 4.74 Å². The molecule has 1 aromatic heterocycles. The van der Waals surface area contributed by atoms with E-state index in [-0.39, 0.29) is 17.3 Å². The molecule has 1 atom stereocenters. The number of likely N-dealkylation sites (N-methyl/N-ethyl adjacent to an activating group) is 1. The van der Waals surface area contributed by atoms with Crippen molar-refractivity contribution in [1.29, 1.82) is 0 Å². The number of H-pyrrole nitrogens is 1. The van der Waals surface area contributed by atoms with Crippen LogP contribution < -0.4 is 4.90 Å². The molecule has 0 bridgehead atoms. The molecular formula is C25H30N4O5S. The molecule has 0 unspecified atom stereocenters. The fourth-order valence-electron chi connectivity index (χ4n) is 4.71. The van der Waals surface area contributed by atoms with Gasteiger partial charge in [0.05, 0.1) is 30.8 Å². The number of para-hydroxylation sites is 1. The molecule has 2 N–H and O–H groups in total. The van der Waals surface area contributed by atoms with Crippen molar-refractivity contribution in [1.82, 2.24) is 14.2 Å². The average Bonchev–Trinajstić information content (AvgIpc) is 3.50. The quantitative estimate of drug-likeness (QED) is 0.538. The molecule has 0 spiro atoms. The van der Waals surface area contributed by atoms with Gasteiger partial charge in [-0.05, 0) is 36.8 Å². The van der Waals surface area contributed by atoms with Crippen molar-refractivity contribution in [2.75, 3.05) is 57.9 Å². The largest absolute Gasteiger partial charge is 0.391 e. The molecule has 5 rings (SSSR count). The van der Waals surface area contributed by atoms with E-state index in [1.165, 1.54) is 7.05 Å². The first kappa shape index (κ1) is 23.8. The zero-order chi connectivity index (χ0) is 24.6. The molecule has 2 aliphatic heterocycles. The lowest BCUT2D eigenvalue weighted by atomic mass is 10.1. The highest BCUT2D eigenvalue weighted by Crippen LogP contribution is 2.36. The second kappa shape index (κ2) is 9.62. The minimum Gasteiger partial charge on any atom is -0.391 e. The molecule has 186 valence electrons. The van der Waals surface area contributed by atoms with E-state index in [2.05, 4.69) is 9.88 Å². The van der Waals surface area contributed by atoms with Gasteiger partial charge in [-0.2, -0.15) is 4.31 Å².